The van der Waals surface area contributed by atoms with Gasteiger partial charge in [0.2, 0.25) is 5.91 Å². The molecule has 0 aromatic heterocycles. The molecule has 0 aliphatic heterocycles. The van der Waals surface area contributed by atoms with E-state index in [1.807, 2.05) is 0 Å². The van der Waals surface area contributed by atoms with Gasteiger partial charge in [0.15, 0.2) is 0 Å². The summed E-state index contributed by atoms with van der Waals surface area (Å²) < 4.78 is 33.1. The van der Waals surface area contributed by atoms with E-state index in [1.54, 1.807) is 31.2 Å². The largest absolute Gasteiger partial charge is 0.492 e. The number of carbonyl (C=O) groups excluding carboxylic acids is 1. The van der Waals surface area contributed by atoms with Crippen LogP contribution >= 0.6 is 11.6 Å². The quantitative estimate of drug-likeness (QED) is 0.817. The summed E-state index contributed by atoms with van der Waals surface area (Å²) in [5, 5.41) is 2.88. The van der Waals surface area contributed by atoms with E-state index in [4.69, 9.17) is 16.3 Å². The van der Waals surface area contributed by atoms with Gasteiger partial charge in [0, 0.05) is 17.6 Å². The van der Waals surface area contributed by atoms with Crippen molar-refractivity contribution in [2.75, 3.05) is 16.6 Å². The summed E-state index contributed by atoms with van der Waals surface area (Å²) in [6, 6.07) is 10.8. The van der Waals surface area contributed by atoms with Gasteiger partial charge >= 0.3 is 0 Å². The maximum absolute atomic E-state index is 12.6. The van der Waals surface area contributed by atoms with E-state index >= 15 is 0 Å². The van der Waals surface area contributed by atoms with Crippen LogP contribution in [0.25, 0.3) is 0 Å². The lowest BCUT2D eigenvalue weighted by atomic mass is 10.3. The predicted octanol–water partition coefficient (Wildman–Crippen LogP) is 3.50. The lowest BCUT2D eigenvalue weighted by molar-refractivity contribution is -0.114. The van der Waals surface area contributed by atoms with E-state index in [0.29, 0.717) is 18.0 Å². The minimum Gasteiger partial charge on any atom is -0.492 e. The van der Waals surface area contributed by atoms with Gasteiger partial charge in [-0.2, -0.15) is 0 Å². The van der Waals surface area contributed by atoms with Gasteiger partial charge < -0.3 is 10.1 Å². The number of hydrogen-bond donors (Lipinski definition) is 2. The molecule has 8 heteroatoms. The van der Waals surface area contributed by atoms with Crippen molar-refractivity contribution >= 4 is 38.9 Å². The topological polar surface area (TPSA) is 84.5 Å². The monoisotopic (exact) mass is 368 g/mol. The normalized spacial score (nSPS) is 11.0. The van der Waals surface area contributed by atoms with Crippen LogP contribution in [0.2, 0.25) is 5.02 Å². The molecule has 0 bridgehead atoms. The van der Waals surface area contributed by atoms with Crippen LogP contribution in [0.15, 0.2) is 47.4 Å². The number of carbonyl (C=O) groups is 1. The van der Waals surface area contributed by atoms with E-state index in [9.17, 15) is 13.2 Å². The van der Waals surface area contributed by atoms with Crippen molar-refractivity contribution in [2.45, 2.75) is 18.7 Å². The first-order chi connectivity index (χ1) is 11.3. The molecule has 0 fully saturated rings. The molecule has 0 saturated heterocycles. The Balaban J connectivity index is 2.35. The number of nitrogens with one attached hydrogen (secondary N) is 2. The van der Waals surface area contributed by atoms with Gasteiger partial charge in [0.25, 0.3) is 10.0 Å². The van der Waals surface area contributed by atoms with Crippen LogP contribution in [0.3, 0.4) is 0 Å². The summed E-state index contributed by atoms with van der Waals surface area (Å²) in [5.41, 5.74) is 0.794. The number of sulfonamides is 1. The molecule has 2 rings (SSSR count). The number of halogens is 1. The number of ether oxygens (including phenoxy) is 1. The maximum atomic E-state index is 12.6. The Labute approximate surface area is 145 Å². The summed E-state index contributed by atoms with van der Waals surface area (Å²) in [7, 11) is -3.91. The van der Waals surface area contributed by atoms with Crippen LogP contribution < -0.4 is 14.8 Å². The van der Waals surface area contributed by atoms with E-state index in [2.05, 4.69) is 10.0 Å². The third-order valence-electron chi connectivity index (χ3n) is 2.93. The summed E-state index contributed by atoms with van der Waals surface area (Å²) in [4.78, 5) is 11.1. The van der Waals surface area contributed by atoms with Crippen molar-refractivity contribution in [1.29, 1.82) is 0 Å². The van der Waals surface area contributed by atoms with E-state index < -0.39 is 10.0 Å². The average Bonchev–Trinajstić information content (AvgIpc) is 2.48. The molecule has 2 aromatic carbocycles. The fourth-order valence-electron chi connectivity index (χ4n) is 2.04. The molecule has 128 valence electrons. The van der Waals surface area contributed by atoms with Crippen LogP contribution in [0, 0.1) is 0 Å². The second kappa shape index (κ2) is 7.55. The first-order valence-corrected chi connectivity index (χ1v) is 9.01. The highest BCUT2D eigenvalue weighted by Crippen LogP contribution is 2.29. The Kier molecular flexibility index (Phi) is 5.69. The Morgan fingerprint density at radius 1 is 1.17 bits per heavy atom. The molecule has 0 heterocycles. The molecule has 2 N–H and O–H groups in total. The fraction of sp³-hybridized carbons (Fsp3) is 0.188. The van der Waals surface area contributed by atoms with Gasteiger partial charge in [-0.1, -0.05) is 17.7 Å². The van der Waals surface area contributed by atoms with Crippen molar-refractivity contribution in [1.82, 2.24) is 0 Å². The Morgan fingerprint density at radius 2 is 1.88 bits per heavy atom. The summed E-state index contributed by atoms with van der Waals surface area (Å²) in [6.45, 7) is 3.45. The third-order valence-corrected chi connectivity index (χ3v) is 4.57. The number of hydrogen-bond acceptors (Lipinski definition) is 4. The zero-order valence-corrected chi connectivity index (χ0v) is 14.7. The van der Waals surface area contributed by atoms with Gasteiger partial charge in [0.05, 0.1) is 12.3 Å². The third kappa shape index (κ3) is 4.62. The van der Waals surface area contributed by atoms with Gasteiger partial charge in [-0.25, -0.2) is 8.42 Å². The highest BCUT2D eigenvalue weighted by molar-refractivity contribution is 7.92. The van der Waals surface area contributed by atoms with Crippen LogP contribution in [-0.2, 0) is 14.8 Å². The lowest BCUT2D eigenvalue weighted by Crippen LogP contribution is -2.15. The van der Waals surface area contributed by atoms with E-state index in [1.165, 1.54) is 25.1 Å². The van der Waals surface area contributed by atoms with Crippen LogP contribution in [0.4, 0.5) is 11.4 Å². The first-order valence-electron chi connectivity index (χ1n) is 7.14. The molecule has 0 aliphatic carbocycles. The molecule has 0 aliphatic rings. The second-order valence-corrected chi connectivity index (χ2v) is 6.98. The molecular weight excluding hydrogens is 352 g/mol. The second-order valence-electron chi connectivity index (χ2n) is 4.89. The van der Waals surface area contributed by atoms with Crippen molar-refractivity contribution in [2.24, 2.45) is 0 Å². The molecule has 1 amide bonds. The number of rotatable bonds is 6. The Morgan fingerprint density at radius 3 is 2.54 bits per heavy atom. The molecule has 6 nitrogen and oxygen atoms in total. The highest BCUT2D eigenvalue weighted by atomic mass is 35.5. The Hall–Kier alpha value is -2.25. The first kappa shape index (κ1) is 18.1. The molecule has 0 saturated carbocycles. The summed E-state index contributed by atoms with van der Waals surface area (Å²) in [6.07, 6.45) is 0. The molecule has 0 radical (unpaired) electrons. The number of amides is 1. The number of anilines is 2. The Bertz CT molecular complexity index is 853. The lowest BCUT2D eigenvalue weighted by Gasteiger charge is -2.13. The van der Waals surface area contributed by atoms with Crippen molar-refractivity contribution in [3.05, 3.63) is 47.5 Å². The van der Waals surface area contributed by atoms with Gasteiger partial charge in [-0.05, 0) is 43.3 Å². The summed E-state index contributed by atoms with van der Waals surface area (Å²) >= 11 is 5.91. The molecule has 2 aromatic rings. The fourth-order valence-corrected chi connectivity index (χ4v) is 3.50. The van der Waals surface area contributed by atoms with Gasteiger partial charge in [-0.3, -0.25) is 9.52 Å². The molecule has 0 atom stereocenters. The van der Waals surface area contributed by atoms with Crippen LogP contribution in [0.1, 0.15) is 13.8 Å². The number of benzene rings is 2. The van der Waals surface area contributed by atoms with Crippen LogP contribution in [0.5, 0.6) is 5.75 Å². The molecular formula is C16H17ClN2O4S. The van der Waals surface area contributed by atoms with E-state index in [-0.39, 0.29) is 21.6 Å². The van der Waals surface area contributed by atoms with Gasteiger partial charge in [0.1, 0.15) is 10.6 Å². The smallest absolute Gasteiger partial charge is 0.265 e. The van der Waals surface area contributed by atoms with Crippen molar-refractivity contribution < 1.29 is 17.9 Å². The SMILES string of the molecule is CCOc1ccc(Cl)cc1S(=O)(=O)Nc1cccc(NC(C)=O)c1. The minimum absolute atomic E-state index is 0.0539. The molecule has 24 heavy (non-hydrogen) atoms. The summed E-state index contributed by atoms with van der Waals surface area (Å²) in [5.74, 6) is -0.0316. The van der Waals surface area contributed by atoms with Crippen LogP contribution in [-0.4, -0.2) is 20.9 Å². The maximum Gasteiger partial charge on any atom is 0.265 e. The van der Waals surface area contributed by atoms with Gasteiger partial charge in [-0.15, -0.1) is 0 Å². The zero-order chi connectivity index (χ0) is 17.7. The molecule has 0 unspecified atom stereocenters. The molecule has 0 spiro atoms. The van der Waals surface area contributed by atoms with Crippen molar-refractivity contribution in [3.63, 3.8) is 0 Å². The zero-order valence-electron chi connectivity index (χ0n) is 13.2. The van der Waals surface area contributed by atoms with E-state index in [0.717, 1.165) is 0 Å². The standard InChI is InChI=1S/C16H17ClN2O4S/c1-3-23-15-8-7-12(17)9-16(15)24(21,22)19-14-6-4-5-13(10-14)18-11(2)20/h4-10,19H,3H2,1-2H3,(H,18,20). The average molecular weight is 369 g/mol. The highest BCUT2D eigenvalue weighted by Gasteiger charge is 2.20. The van der Waals surface area contributed by atoms with Crippen molar-refractivity contribution in [3.8, 4) is 5.75 Å². The minimum atomic E-state index is -3.91. The predicted molar refractivity (Wildman–Crippen MR) is 94.2 cm³/mol.